The van der Waals surface area contributed by atoms with Gasteiger partial charge in [-0.3, -0.25) is 0 Å². The predicted molar refractivity (Wildman–Crippen MR) is 73.9 cm³/mol. The third-order valence-corrected chi connectivity index (χ3v) is 3.10. The van der Waals surface area contributed by atoms with Crippen LogP contribution in [0.15, 0.2) is 18.3 Å². The van der Waals surface area contributed by atoms with Crippen LogP contribution >= 0.6 is 0 Å². The first-order valence-corrected chi connectivity index (χ1v) is 6.69. The molecule has 5 heteroatoms. The van der Waals surface area contributed by atoms with Gasteiger partial charge in [-0.05, 0) is 32.8 Å². The Balaban J connectivity index is 2.03. The van der Waals surface area contributed by atoms with Crippen LogP contribution in [0.4, 0.5) is 5.82 Å². The molecule has 1 fully saturated rings. The van der Waals surface area contributed by atoms with Crippen molar-refractivity contribution in [2.24, 2.45) is 0 Å². The SMILES string of the molecule is CCNc1cc(C2CC2)nc(-c2ccnc(C)n2)n1. The van der Waals surface area contributed by atoms with Crippen LogP contribution in [0.25, 0.3) is 11.5 Å². The zero-order chi connectivity index (χ0) is 13.2. The van der Waals surface area contributed by atoms with Crippen LogP contribution in [-0.2, 0) is 0 Å². The Kier molecular flexibility index (Phi) is 3.11. The second-order valence-electron chi connectivity index (χ2n) is 4.80. The predicted octanol–water partition coefficient (Wildman–Crippen LogP) is 2.55. The molecule has 1 aliphatic carbocycles. The van der Waals surface area contributed by atoms with Gasteiger partial charge in [0, 0.05) is 30.4 Å². The molecule has 1 aliphatic rings. The van der Waals surface area contributed by atoms with E-state index in [0.29, 0.717) is 11.7 Å². The van der Waals surface area contributed by atoms with Crippen LogP contribution in [0, 0.1) is 6.92 Å². The molecular formula is C14H17N5. The molecule has 0 unspecified atom stereocenters. The molecule has 0 spiro atoms. The average molecular weight is 255 g/mol. The Morgan fingerprint density at radius 1 is 1.26 bits per heavy atom. The van der Waals surface area contributed by atoms with Crippen molar-refractivity contribution >= 4 is 5.82 Å². The standard InChI is InChI=1S/C14H17N5/c1-3-15-13-8-12(10-4-5-10)18-14(19-13)11-6-7-16-9(2)17-11/h6-8,10H,3-5H2,1-2H3,(H,15,18,19). The van der Waals surface area contributed by atoms with Crippen LogP contribution in [0.3, 0.4) is 0 Å². The van der Waals surface area contributed by atoms with E-state index in [9.17, 15) is 0 Å². The number of nitrogens with one attached hydrogen (secondary N) is 1. The number of aromatic nitrogens is 4. The summed E-state index contributed by atoms with van der Waals surface area (Å²) in [4.78, 5) is 17.7. The second kappa shape index (κ2) is 4.91. The van der Waals surface area contributed by atoms with Crippen molar-refractivity contribution < 1.29 is 0 Å². The highest BCUT2D eigenvalue weighted by Crippen LogP contribution is 2.40. The highest BCUT2D eigenvalue weighted by molar-refractivity contribution is 5.53. The average Bonchev–Trinajstić information content (AvgIpc) is 3.23. The lowest BCUT2D eigenvalue weighted by molar-refractivity contribution is 0.970. The molecule has 3 rings (SSSR count). The number of nitrogens with zero attached hydrogens (tertiary/aromatic N) is 4. The highest BCUT2D eigenvalue weighted by atomic mass is 15.0. The van der Waals surface area contributed by atoms with Crippen molar-refractivity contribution in [1.82, 2.24) is 19.9 Å². The minimum absolute atomic E-state index is 0.599. The first-order valence-electron chi connectivity index (χ1n) is 6.69. The van der Waals surface area contributed by atoms with Crippen LogP contribution in [0.5, 0.6) is 0 Å². The number of anilines is 1. The zero-order valence-electron chi connectivity index (χ0n) is 11.2. The molecule has 2 aromatic rings. The zero-order valence-corrected chi connectivity index (χ0v) is 11.2. The second-order valence-corrected chi connectivity index (χ2v) is 4.80. The Labute approximate surface area is 112 Å². The van der Waals surface area contributed by atoms with E-state index < -0.39 is 0 Å². The maximum absolute atomic E-state index is 4.65. The molecule has 0 aromatic carbocycles. The normalized spacial score (nSPS) is 14.4. The Morgan fingerprint density at radius 2 is 2.11 bits per heavy atom. The molecule has 1 N–H and O–H groups in total. The highest BCUT2D eigenvalue weighted by Gasteiger charge is 2.26. The molecule has 1 saturated carbocycles. The molecular weight excluding hydrogens is 238 g/mol. The van der Waals surface area contributed by atoms with Gasteiger partial charge in [0.1, 0.15) is 17.3 Å². The smallest absolute Gasteiger partial charge is 0.180 e. The topological polar surface area (TPSA) is 63.6 Å². The van der Waals surface area contributed by atoms with Gasteiger partial charge < -0.3 is 5.32 Å². The Bertz CT molecular complexity index is 592. The maximum Gasteiger partial charge on any atom is 0.180 e. The first kappa shape index (κ1) is 12.0. The molecule has 98 valence electrons. The Morgan fingerprint density at radius 3 is 2.79 bits per heavy atom. The van der Waals surface area contributed by atoms with E-state index in [4.69, 9.17) is 0 Å². The maximum atomic E-state index is 4.65. The van der Waals surface area contributed by atoms with Crippen molar-refractivity contribution in [1.29, 1.82) is 0 Å². The van der Waals surface area contributed by atoms with Crippen LogP contribution in [0.2, 0.25) is 0 Å². The summed E-state index contributed by atoms with van der Waals surface area (Å²) < 4.78 is 0. The van der Waals surface area contributed by atoms with Gasteiger partial charge in [0.2, 0.25) is 0 Å². The van der Waals surface area contributed by atoms with Crippen molar-refractivity contribution in [2.75, 3.05) is 11.9 Å². The molecule has 19 heavy (non-hydrogen) atoms. The van der Waals surface area contributed by atoms with E-state index in [0.717, 1.165) is 29.6 Å². The largest absolute Gasteiger partial charge is 0.370 e. The molecule has 2 aromatic heterocycles. The Hall–Kier alpha value is -2.04. The minimum atomic E-state index is 0.599. The van der Waals surface area contributed by atoms with E-state index in [1.54, 1.807) is 6.20 Å². The molecule has 0 radical (unpaired) electrons. The summed E-state index contributed by atoms with van der Waals surface area (Å²) in [6, 6.07) is 3.91. The van der Waals surface area contributed by atoms with Crippen LogP contribution in [0.1, 0.15) is 37.2 Å². The molecule has 0 saturated heterocycles. The lowest BCUT2D eigenvalue weighted by Gasteiger charge is -2.08. The molecule has 0 aliphatic heterocycles. The molecule has 2 heterocycles. The van der Waals surface area contributed by atoms with Crippen molar-refractivity contribution in [2.45, 2.75) is 32.6 Å². The summed E-state index contributed by atoms with van der Waals surface area (Å²) in [6.45, 7) is 4.79. The lowest BCUT2D eigenvalue weighted by Crippen LogP contribution is -2.04. The number of aryl methyl sites for hydroxylation is 1. The monoisotopic (exact) mass is 255 g/mol. The molecule has 5 nitrogen and oxygen atoms in total. The number of rotatable bonds is 4. The van der Waals surface area contributed by atoms with E-state index in [1.165, 1.54) is 12.8 Å². The van der Waals surface area contributed by atoms with Gasteiger partial charge in [-0.1, -0.05) is 0 Å². The van der Waals surface area contributed by atoms with Gasteiger partial charge in [-0.2, -0.15) is 0 Å². The number of hydrogen-bond donors (Lipinski definition) is 1. The van der Waals surface area contributed by atoms with E-state index in [1.807, 2.05) is 13.0 Å². The van der Waals surface area contributed by atoms with Crippen LogP contribution in [-0.4, -0.2) is 26.5 Å². The van der Waals surface area contributed by atoms with Gasteiger partial charge in [-0.25, -0.2) is 19.9 Å². The fraction of sp³-hybridized carbons (Fsp3) is 0.429. The third kappa shape index (κ3) is 2.70. The van der Waals surface area contributed by atoms with Gasteiger partial charge in [0.15, 0.2) is 5.82 Å². The summed E-state index contributed by atoms with van der Waals surface area (Å²) in [5, 5.41) is 3.26. The number of hydrogen-bond acceptors (Lipinski definition) is 5. The van der Waals surface area contributed by atoms with Gasteiger partial charge in [-0.15, -0.1) is 0 Å². The summed E-state index contributed by atoms with van der Waals surface area (Å²) in [6.07, 6.45) is 4.20. The summed E-state index contributed by atoms with van der Waals surface area (Å²) in [7, 11) is 0. The third-order valence-electron chi connectivity index (χ3n) is 3.10. The quantitative estimate of drug-likeness (QED) is 0.909. The molecule has 0 amide bonds. The fourth-order valence-corrected chi connectivity index (χ4v) is 2.02. The van der Waals surface area contributed by atoms with Gasteiger partial charge in [0.25, 0.3) is 0 Å². The fourth-order valence-electron chi connectivity index (χ4n) is 2.02. The van der Waals surface area contributed by atoms with Gasteiger partial charge in [0.05, 0.1) is 0 Å². The first-order chi connectivity index (χ1) is 9.26. The summed E-state index contributed by atoms with van der Waals surface area (Å²) in [5.74, 6) is 2.90. The van der Waals surface area contributed by atoms with Crippen LogP contribution < -0.4 is 5.32 Å². The van der Waals surface area contributed by atoms with E-state index in [2.05, 4.69) is 38.2 Å². The van der Waals surface area contributed by atoms with E-state index >= 15 is 0 Å². The molecule has 0 atom stereocenters. The van der Waals surface area contributed by atoms with Gasteiger partial charge >= 0.3 is 0 Å². The van der Waals surface area contributed by atoms with Crippen molar-refractivity contribution in [3.8, 4) is 11.5 Å². The van der Waals surface area contributed by atoms with Crippen molar-refractivity contribution in [3.05, 3.63) is 29.8 Å². The van der Waals surface area contributed by atoms with Crippen molar-refractivity contribution in [3.63, 3.8) is 0 Å². The lowest BCUT2D eigenvalue weighted by atomic mass is 10.2. The van der Waals surface area contributed by atoms with E-state index in [-0.39, 0.29) is 0 Å². The summed E-state index contributed by atoms with van der Waals surface area (Å²) >= 11 is 0. The minimum Gasteiger partial charge on any atom is -0.370 e. The summed E-state index contributed by atoms with van der Waals surface area (Å²) in [5.41, 5.74) is 1.91. The molecule has 0 bridgehead atoms.